The molecule has 0 aromatic rings. The molecule has 1 aliphatic carbocycles. The van der Waals surface area contributed by atoms with Gasteiger partial charge in [-0.1, -0.05) is 13.3 Å². The smallest absolute Gasteiger partial charge is 0.236 e. The SMILES string of the molecule is CCC1CCC(C#N)C(N2CCCN(C)C(=O)C2)C1. The Labute approximate surface area is 116 Å². The van der Waals surface area contributed by atoms with Gasteiger partial charge in [0.1, 0.15) is 0 Å². The topological polar surface area (TPSA) is 47.3 Å². The van der Waals surface area contributed by atoms with Crippen LogP contribution < -0.4 is 0 Å². The van der Waals surface area contributed by atoms with Crippen LogP contribution in [0.25, 0.3) is 0 Å². The van der Waals surface area contributed by atoms with Gasteiger partial charge in [-0.2, -0.15) is 5.26 Å². The van der Waals surface area contributed by atoms with E-state index in [1.54, 1.807) is 0 Å². The Morgan fingerprint density at radius 2 is 2.16 bits per heavy atom. The molecular formula is C15H25N3O. The molecule has 0 spiro atoms. The summed E-state index contributed by atoms with van der Waals surface area (Å²) in [6, 6.07) is 2.77. The Balaban J connectivity index is 2.08. The Bertz CT molecular complexity index is 363. The summed E-state index contributed by atoms with van der Waals surface area (Å²) in [5, 5.41) is 9.37. The van der Waals surface area contributed by atoms with E-state index in [1.807, 2.05) is 11.9 Å². The van der Waals surface area contributed by atoms with Crippen molar-refractivity contribution in [3.8, 4) is 6.07 Å². The molecule has 0 bridgehead atoms. The van der Waals surface area contributed by atoms with Crippen LogP contribution in [-0.2, 0) is 4.79 Å². The van der Waals surface area contributed by atoms with Crippen molar-refractivity contribution in [2.75, 3.05) is 26.7 Å². The van der Waals surface area contributed by atoms with Crippen molar-refractivity contribution >= 4 is 5.91 Å². The molecule has 1 heterocycles. The average Bonchev–Trinajstić information content (AvgIpc) is 2.60. The number of nitriles is 1. The zero-order valence-electron chi connectivity index (χ0n) is 12.1. The predicted octanol–water partition coefficient (Wildman–Crippen LogP) is 1.87. The van der Waals surface area contributed by atoms with Gasteiger partial charge in [0.2, 0.25) is 5.91 Å². The first-order chi connectivity index (χ1) is 9.15. The lowest BCUT2D eigenvalue weighted by Gasteiger charge is -2.39. The average molecular weight is 263 g/mol. The van der Waals surface area contributed by atoms with Crippen LogP contribution >= 0.6 is 0 Å². The number of rotatable bonds is 2. The summed E-state index contributed by atoms with van der Waals surface area (Å²) in [5.41, 5.74) is 0. The highest BCUT2D eigenvalue weighted by Gasteiger charge is 2.35. The predicted molar refractivity (Wildman–Crippen MR) is 74.4 cm³/mol. The molecule has 3 atom stereocenters. The normalized spacial score (nSPS) is 33.8. The quantitative estimate of drug-likeness (QED) is 0.764. The molecule has 1 saturated carbocycles. The van der Waals surface area contributed by atoms with Gasteiger partial charge in [-0.3, -0.25) is 9.69 Å². The van der Waals surface area contributed by atoms with Gasteiger partial charge in [0.15, 0.2) is 0 Å². The number of likely N-dealkylation sites (N-methyl/N-ethyl adjacent to an activating group) is 1. The maximum atomic E-state index is 12.0. The highest BCUT2D eigenvalue weighted by Crippen LogP contribution is 2.34. The fourth-order valence-electron chi connectivity index (χ4n) is 3.45. The maximum absolute atomic E-state index is 12.0. The van der Waals surface area contributed by atoms with Crippen LogP contribution in [0.1, 0.15) is 39.0 Å². The minimum absolute atomic E-state index is 0.110. The maximum Gasteiger partial charge on any atom is 0.236 e. The fraction of sp³-hybridized carbons (Fsp3) is 0.867. The lowest BCUT2D eigenvalue weighted by Crippen LogP contribution is -2.46. The molecule has 2 rings (SSSR count). The Hall–Kier alpha value is -1.08. The van der Waals surface area contributed by atoms with Gasteiger partial charge in [0.25, 0.3) is 0 Å². The summed E-state index contributed by atoms with van der Waals surface area (Å²) in [4.78, 5) is 16.1. The molecule has 1 amide bonds. The molecule has 0 aromatic carbocycles. The molecule has 19 heavy (non-hydrogen) atoms. The summed E-state index contributed by atoms with van der Waals surface area (Å²) in [6.45, 7) is 4.53. The van der Waals surface area contributed by atoms with Gasteiger partial charge < -0.3 is 4.90 Å². The molecule has 1 saturated heterocycles. The van der Waals surface area contributed by atoms with Crippen molar-refractivity contribution in [2.45, 2.75) is 45.1 Å². The first-order valence-corrected chi connectivity index (χ1v) is 7.53. The van der Waals surface area contributed by atoms with Crippen LogP contribution in [0.4, 0.5) is 0 Å². The van der Waals surface area contributed by atoms with Crippen molar-refractivity contribution in [3.05, 3.63) is 0 Å². The zero-order valence-corrected chi connectivity index (χ0v) is 12.1. The molecule has 106 valence electrons. The second-order valence-corrected chi connectivity index (χ2v) is 6.03. The number of hydrogen-bond acceptors (Lipinski definition) is 3. The third-order valence-corrected chi connectivity index (χ3v) is 4.84. The standard InChI is InChI=1S/C15H25N3O/c1-3-12-5-6-13(10-16)14(9-12)18-8-4-7-17(2)15(19)11-18/h12-14H,3-9,11H2,1-2H3. The van der Waals surface area contributed by atoms with Gasteiger partial charge in [-0.05, 0) is 31.6 Å². The van der Waals surface area contributed by atoms with Crippen molar-refractivity contribution in [2.24, 2.45) is 11.8 Å². The lowest BCUT2D eigenvalue weighted by molar-refractivity contribution is -0.130. The van der Waals surface area contributed by atoms with Gasteiger partial charge in [-0.25, -0.2) is 0 Å². The number of hydrogen-bond donors (Lipinski definition) is 0. The monoisotopic (exact) mass is 263 g/mol. The van der Waals surface area contributed by atoms with Crippen molar-refractivity contribution in [3.63, 3.8) is 0 Å². The zero-order chi connectivity index (χ0) is 13.8. The van der Waals surface area contributed by atoms with Crippen LogP contribution in [0.15, 0.2) is 0 Å². The van der Waals surface area contributed by atoms with E-state index in [0.717, 1.165) is 38.3 Å². The van der Waals surface area contributed by atoms with E-state index in [-0.39, 0.29) is 11.8 Å². The van der Waals surface area contributed by atoms with E-state index in [1.165, 1.54) is 12.8 Å². The van der Waals surface area contributed by atoms with E-state index >= 15 is 0 Å². The van der Waals surface area contributed by atoms with Crippen LogP contribution in [0.3, 0.4) is 0 Å². The number of carbonyl (C=O) groups excluding carboxylic acids is 1. The van der Waals surface area contributed by atoms with Crippen LogP contribution in [0.2, 0.25) is 0 Å². The van der Waals surface area contributed by atoms with E-state index in [2.05, 4.69) is 17.9 Å². The number of amides is 1. The lowest BCUT2D eigenvalue weighted by atomic mass is 9.77. The first kappa shape index (κ1) is 14.3. The highest BCUT2D eigenvalue weighted by molar-refractivity contribution is 5.78. The van der Waals surface area contributed by atoms with Gasteiger partial charge in [0.05, 0.1) is 18.5 Å². The van der Waals surface area contributed by atoms with Crippen LogP contribution in [-0.4, -0.2) is 48.4 Å². The third-order valence-electron chi connectivity index (χ3n) is 4.84. The molecule has 2 fully saturated rings. The van der Waals surface area contributed by atoms with E-state index < -0.39 is 0 Å². The first-order valence-electron chi connectivity index (χ1n) is 7.53. The summed E-state index contributed by atoms with van der Waals surface area (Å²) in [7, 11) is 1.88. The summed E-state index contributed by atoms with van der Waals surface area (Å²) in [6.07, 6.45) is 5.48. The third kappa shape index (κ3) is 3.27. The molecule has 4 heteroatoms. The Kier molecular flexibility index (Phi) is 4.81. The van der Waals surface area contributed by atoms with Crippen molar-refractivity contribution < 1.29 is 4.79 Å². The second kappa shape index (κ2) is 6.38. The molecule has 0 aromatic heterocycles. The van der Waals surface area contributed by atoms with E-state index in [0.29, 0.717) is 12.6 Å². The molecule has 1 aliphatic heterocycles. The molecule has 2 aliphatic rings. The van der Waals surface area contributed by atoms with Crippen LogP contribution in [0.5, 0.6) is 0 Å². The molecule has 3 unspecified atom stereocenters. The van der Waals surface area contributed by atoms with E-state index in [4.69, 9.17) is 0 Å². The summed E-state index contributed by atoms with van der Waals surface area (Å²) < 4.78 is 0. The van der Waals surface area contributed by atoms with E-state index in [9.17, 15) is 10.1 Å². The summed E-state index contributed by atoms with van der Waals surface area (Å²) >= 11 is 0. The molecular weight excluding hydrogens is 238 g/mol. The summed E-state index contributed by atoms with van der Waals surface area (Å²) in [5.74, 6) is 1.04. The van der Waals surface area contributed by atoms with Gasteiger partial charge in [-0.15, -0.1) is 0 Å². The molecule has 0 N–H and O–H groups in total. The second-order valence-electron chi connectivity index (χ2n) is 6.03. The van der Waals surface area contributed by atoms with Gasteiger partial charge >= 0.3 is 0 Å². The van der Waals surface area contributed by atoms with Crippen LogP contribution in [0, 0.1) is 23.2 Å². The van der Waals surface area contributed by atoms with Crippen molar-refractivity contribution in [1.29, 1.82) is 5.26 Å². The molecule has 0 radical (unpaired) electrons. The fourth-order valence-corrected chi connectivity index (χ4v) is 3.45. The highest BCUT2D eigenvalue weighted by atomic mass is 16.2. The number of carbonyl (C=O) groups is 1. The van der Waals surface area contributed by atoms with Crippen molar-refractivity contribution in [1.82, 2.24) is 9.80 Å². The minimum Gasteiger partial charge on any atom is -0.345 e. The Morgan fingerprint density at radius 3 is 2.84 bits per heavy atom. The van der Waals surface area contributed by atoms with Gasteiger partial charge in [0, 0.05) is 26.2 Å². The molecule has 4 nitrogen and oxygen atoms in total. The Morgan fingerprint density at radius 1 is 1.37 bits per heavy atom. The largest absolute Gasteiger partial charge is 0.345 e. The number of nitrogens with zero attached hydrogens (tertiary/aromatic N) is 3. The minimum atomic E-state index is 0.110.